The lowest BCUT2D eigenvalue weighted by molar-refractivity contribution is 0.0763. The second-order valence-corrected chi connectivity index (χ2v) is 7.27. The van der Waals surface area contributed by atoms with Crippen LogP contribution in [0.25, 0.3) is 11.1 Å². The minimum Gasteiger partial charge on any atom is -0.337 e. The molecule has 0 N–H and O–H groups in total. The summed E-state index contributed by atoms with van der Waals surface area (Å²) in [5.41, 5.74) is 4.44. The predicted molar refractivity (Wildman–Crippen MR) is 104 cm³/mol. The first kappa shape index (κ1) is 17.7. The van der Waals surface area contributed by atoms with Crippen LogP contribution in [0, 0.1) is 0 Å². The number of hydrogen-bond donors (Lipinski definition) is 0. The van der Waals surface area contributed by atoms with E-state index >= 15 is 0 Å². The van der Waals surface area contributed by atoms with Crippen LogP contribution < -0.4 is 0 Å². The van der Waals surface area contributed by atoms with E-state index in [1.54, 1.807) is 0 Å². The smallest absolute Gasteiger partial charge is 0.253 e. The summed E-state index contributed by atoms with van der Waals surface area (Å²) in [7, 11) is 2.12. The summed E-state index contributed by atoms with van der Waals surface area (Å²) in [4.78, 5) is 17.3. The molecule has 0 spiro atoms. The summed E-state index contributed by atoms with van der Waals surface area (Å²) in [5.74, 6) is 0.578. The average molecular weight is 336 g/mol. The average Bonchev–Trinajstić information content (AvgIpc) is 2.86. The fraction of sp³-hybridized carbons (Fsp3) is 0.409. The lowest BCUT2D eigenvalue weighted by Crippen LogP contribution is -2.34. The fourth-order valence-electron chi connectivity index (χ4n) is 3.49. The molecule has 1 aliphatic rings. The molecule has 132 valence electrons. The lowest BCUT2D eigenvalue weighted by Gasteiger charge is -2.22. The van der Waals surface area contributed by atoms with E-state index in [2.05, 4.69) is 62.2 Å². The van der Waals surface area contributed by atoms with E-state index in [-0.39, 0.29) is 5.91 Å². The van der Waals surface area contributed by atoms with Gasteiger partial charge in [0.25, 0.3) is 5.91 Å². The Morgan fingerprint density at radius 1 is 0.960 bits per heavy atom. The van der Waals surface area contributed by atoms with Gasteiger partial charge in [0.05, 0.1) is 0 Å². The molecule has 1 fully saturated rings. The van der Waals surface area contributed by atoms with E-state index in [0.29, 0.717) is 5.92 Å². The Hall–Kier alpha value is -2.13. The van der Waals surface area contributed by atoms with Gasteiger partial charge in [0.15, 0.2) is 0 Å². The second kappa shape index (κ2) is 7.83. The summed E-state index contributed by atoms with van der Waals surface area (Å²) < 4.78 is 0. The van der Waals surface area contributed by atoms with E-state index in [1.807, 2.05) is 17.0 Å². The molecule has 2 aromatic rings. The molecule has 25 heavy (non-hydrogen) atoms. The van der Waals surface area contributed by atoms with E-state index < -0.39 is 0 Å². The number of likely N-dealkylation sites (N-methyl/N-ethyl adjacent to an activating group) is 1. The quantitative estimate of drug-likeness (QED) is 0.836. The lowest BCUT2D eigenvalue weighted by atomic mass is 9.91. The molecule has 0 aliphatic carbocycles. The molecule has 3 nitrogen and oxygen atoms in total. The number of hydrogen-bond acceptors (Lipinski definition) is 2. The Bertz CT molecular complexity index is 724. The summed E-state index contributed by atoms with van der Waals surface area (Å²) in [6, 6.07) is 16.6. The van der Waals surface area contributed by atoms with Gasteiger partial charge >= 0.3 is 0 Å². The van der Waals surface area contributed by atoms with Gasteiger partial charge in [-0.25, -0.2) is 0 Å². The van der Waals surface area contributed by atoms with Gasteiger partial charge in [-0.2, -0.15) is 0 Å². The van der Waals surface area contributed by atoms with Crippen LogP contribution in [0.2, 0.25) is 0 Å². The normalized spacial score (nSPS) is 16.1. The molecule has 0 unspecified atom stereocenters. The second-order valence-electron chi connectivity index (χ2n) is 7.27. The maximum Gasteiger partial charge on any atom is 0.253 e. The van der Waals surface area contributed by atoms with Crippen molar-refractivity contribution >= 4 is 5.91 Å². The molecule has 0 atom stereocenters. The van der Waals surface area contributed by atoms with Crippen molar-refractivity contribution in [3.63, 3.8) is 0 Å². The SMILES string of the molecule is CC(C)c1ccc(C(=O)N2CCCN(C)CC2)cc1-c1ccccc1. The van der Waals surface area contributed by atoms with Crippen LogP contribution in [-0.2, 0) is 0 Å². The number of rotatable bonds is 3. The number of nitrogens with zero attached hydrogens (tertiary/aromatic N) is 2. The van der Waals surface area contributed by atoms with Gasteiger partial charge < -0.3 is 9.80 Å². The summed E-state index contributed by atoms with van der Waals surface area (Å²) in [6.07, 6.45) is 1.04. The molecule has 3 rings (SSSR count). The molecular formula is C22H28N2O. The zero-order valence-electron chi connectivity index (χ0n) is 15.5. The number of amides is 1. The van der Waals surface area contributed by atoms with Gasteiger partial charge in [-0.1, -0.05) is 50.2 Å². The van der Waals surface area contributed by atoms with E-state index in [9.17, 15) is 4.79 Å². The largest absolute Gasteiger partial charge is 0.337 e. The molecule has 1 heterocycles. The molecule has 0 radical (unpaired) electrons. The van der Waals surface area contributed by atoms with E-state index in [1.165, 1.54) is 16.7 Å². The highest BCUT2D eigenvalue weighted by atomic mass is 16.2. The summed E-state index contributed by atoms with van der Waals surface area (Å²) in [6.45, 7) is 8.06. The van der Waals surface area contributed by atoms with Crippen LogP contribution in [0.3, 0.4) is 0 Å². The van der Waals surface area contributed by atoms with Crippen LogP contribution in [0.5, 0.6) is 0 Å². The van der Waals surface area contributed by atoms with Crippen LogP contribution >= 0.6 is 0 Å². The summed E-state index contributed by atoms with van der Waals surface area (Å²) in [5, 5.41) is 0. The third kappa shape index (κ3) is 4.10. The molecule has 1 amide bonds. The predicted octanol–water partition coefficient (Wildman–Crippen LogP) is 4.25. The first-order valence-electron chi connectivity index (χ1n) is 9.23. The molecule has 0 aromatic heterocycles. The van der Waals surface area contributed by atoms with Crippen LogP contribution in [0.1, 0.15) is 42.1 Å². The van der Waals surface area contributed by atoms with Gasteiger partial charge in [-0.05, 0) is 54.8 Å². The van der Waals surface area contributed by atoms with Gasteiger partial charge in [-0.15, -0.1) is 0 Å². The van der Waals surface area contributed by atoms with Crippen molar-refractivity contribution in [1.82, 2.24) is 9.80 Å². The highest BCUT2D eigenvalue weighted by molar-refractivity contribution is 5.96. The Balaban J connectivity index is 1.93. The van der Waals surface area contributed by atoms with Crippen molar-refractivity contribution < 1.29 is 4.79 Å². The summed E-state index contributed by atoms with van der Waals surface area (Å²) >= 11 is 0. The van der Waals surface area contributed by atoms with Gasteiger partial charge in [-0.3, -0.25) is 4.79 Å². The monoisotopic (exact) mass is 336 g/mol. The molecule has 3 heteroatoms. The third-order valence-electron chi connectivity index (χ3n) is 5.01. The van der Waals surface area contributed by atoms with E-state index in [4.69, 9.17) is 0 Å². The van der Waals surface area contributed by atoms with Gasteiger partial charge in [0.1, 0.15) is 0 Å². The number of carbonyl (C=O) groups is 1. The molecule has 1 aliphatic heterocycles. The van der Waals surface area contributed by atoms with Crippen molar-refractivity contribution in [1.29, 1.82) is 0 Å². The molecule has 0 bridgehead atoms. The Morgan fingerprint density at radius 3 is 2.44 bits per heavy atom. The van der Waals surface area contributed by atoms with Gasteiger partial charge in [0, 0.05) is 25.2 Å². The minimum atomic E-state index is 0.155. The first-order valence-corrected chi connectivity index (χ1v) is 9.23. The fourth-order valence-corrected chi connectivity index (χ4v) is 3.49. The van der Waals surface area contributed by atoms with Crippen LogP contribution in [-0.4, -0.2) is 48.9 Å². The van der Waals surface area contributed by atoms with Crippen molar-refractivity contribution in [3.05, 3.63) is 59.7 Å². The molecule has 0 saturated carbocycles. The maximum absolute atomic E-state index is 13.0. The molecule has 2 aromatic carbocycles. The maximum atomic E-state index is 13.0. The van der Waals surface area contributed by atoms with Gasteiger partial charge in [0.2, 0.25) is 0 Å². The Morgan fingerprint density at radius 2 is 1.72 bits per heavy atom. The van der Waals surface area contributed by atoms with E-state index in [0.717, 1.165) is 38.2 Å². The zero-order chi connectivity index (χ0) is 17.8. The highest BCUT2D eigenvalue weighted by Gasteiger charge is 2.20. The minimum absolute atomic E-state index is 0.155. The third-order valence-corrected chi connectivity index (χ3v) is 5.01. The number of carbonyl (C=O) groups excluding carboxylic acids is 1. The van der Waals surface area contributed by atoms with Crippen LogP contribution in [0.4, 0.5) is 0 Å². The van der Waals surface area contributed by atoms with Crippen LogP contribution in [0.15, 0.2) is 48.5 Å². The Kier molecular flexibility index (Phi) is 5.54. The molecular weight excluding hydrogens is 308 g/mol. The van der Waals surface area contributed by atoms with Crippen molar-refractivity contribution in [3.8, 4) is 11.1 Å². The highest BCUT2D eigenvalue weighted by Crippen LogP contribution is 2.30. The standard InChI is InChI=1S/C22H28N2O/c1-17(2)20-11-10-19(16-21(20)18-8-5-4-6-9-18)22(25)24-13-7-12-23(3)14-15-24/h4-6,8-11,16-17H,7,12-15H2,1-3H3. The van der Waals surface area contributed by atoms with Crippen molar-refractivity contribution in [2.45, 2.75) is 26.2 Å². The first-order chi connectivity index (χ1) is 12.1. The number of benzene rings is 2. The van der Waals surface area contributed by atoms with Crippen molar-refractivity contribution in [2.24, 2.45) is 0 Å². The Labute approximate surface area is 151 Å². The topological polar surface area (TPSA) is 23.6 Å². The molecule has 1 saturated heterocycles. The van der Waals surface area contributed by atoms with Crippen molar-refractivity contribution in [2.75, 3.05) is 33.2 Å². The zero-order valence-corrected chi connectivity index (χ0v) is 15.5.